The summed E-state index contributed by atoms with van der Waals surface area (Å²) in [5, 5.41) is 2.83. The van der Waals surface area contributed by atoms with Gasteiger partial charge in [0.1, 0.15) is 11.5 Å². The van der Waals surface area contributed by atoms with Gasteiger partial charge < -0.3 is 21.7 Å². The molecule has 0 aromatic carbocycles. The number of piperidine rings is 1. The first-order valence-electron chi connectivity index (χ1n) is 5.98. The third-order valence-corrected chi connectivity index (χ3v) is 3.22. The van der Waals surface area contributed by atoms with Crippen LogP contribution in [0, 0.1) is 0 Å². The van der Waals surface area contributed by atoms with Crippen molar-refractivity contribution < 1.29 is 0 Å². The number of nitrogens with two attached hydrogens (primary N) is 2. The van der Waals surface area contributed by atoms with Crippen molar-refractivity contribution in [2.75, 3.05) is 19.6 Å². The van der Waals surface area contributed by atoms with Crippen LogP contribution in [0.15, 0.2) is 16.9 Å². The SMILES string of the molecule is NC1=CC(N)(CCN2CCCCC2)N=CN1. The van der Waals surface area contributed by atoms with E-state index in [0.717, 1.165) is 13.0 Å². The van der Waals surface area contributed by atoms with Crippen molar-refractivity contribution >= 4 is 6.34 Å². The molecule has 0 bridgehead atoms. The van der Waals surface area contributed by atoms with Gasteiger partial charge in [-0.2, -0.15) is 0 Å². The highest BCUT2D eigenvalue weighted by Gasteiger charge is 2.24. The molecule has 0 radical (unpaired) electrons. The molecule has 0 amide bonds. The quantitative estimate of drug-likeness (QED) is 0.626. The molecule has 1 unspecified atom stereocenters. The maximum Gasteiger partial charge on any atom is 0.133 e. The van der Waals surface area contributed by atoms with Crippen LogP contribution in [0.5, 0.6) is 0 Å². The minimum absolute atomic E-state index is 0.594. The van der Waals surface area contributed by atoms with E-state index in [0.29, 0.717) is 5.82 Å². The molecule has 2 aliphatic heterocycles. The van der Waals surface area contributed by atoms with Crippen molar-refractivity contribution in [3.8, 4) is 0 Å². The molecule has 2 aliphatic rings. The van der Waals surface area contributed by atoms with Crippen molar-refractivity contribution in [3.05, 3.63) is 11.9 Å². The first-order chi connectivity index (χ1) is 7.68. The molecule has 2 rings (SSSR count). The Morgan fingerprint density at radius 2 is 2.12 bits per heavy atom. The van der Waals surface area contributed by atoms with Gasteiger partial charge in [-0.15, -0.1) is 0 Å². The van der Waals surface area contributed by atoms with Crippen LogP contribution in [0.2, 0.25) is 0 Å². The average molecular weight is 223 g/mol. The summed E-state index contributed by atoms with van der Waals surface area (Å²) in [4.78, 5) is 6.71. The summed E-state index contributed by atoms with van der Waals surface area (Å²) in [7, 11) is 0. The maximum absolute atomic E-state index is 6.15. The van der Waals surface area contributed by atoms with E-state index in [-0.39, 0.29) is 0 Å². The van der Waals surface area contributed by atoms with Crippen LogP contribution in [0.3, 0.4) is 0 Å². The standard InChI is InChI=1S/C11H21N5/c12-10-8-11(13,15-9-14-10)4-7-16-5-2-1-3-6-16/h8-9H,1-7,12-13H2,(H,14,15). The number of nitrogens with one attached hydrogen (secondary N) is 1. The topological polar surface area (TPSA) is 79.7 Å². The zero-order valence-corrected chi connectivity index (χ0v) is 9.65. The molecule has 5 nitrogen and oxygen atoms in total. The molecule has 0 saturated carbocycles. The van der Waals surface area contributed by atoms with E-state index in [1.54, 1.807) is 12.4 Å². The van der Waals surface area contributed by atoms with Gasteiger partial charge in [0.05, 0.1) is 6.34 Å². The normalized spacial score (nSPS) is 30.9. The van der Waals surface area contributed by atoms with E-state index < -0.39 is 5.66 Å². The first kappa shape index (κ1) is 11.4. The van der Waals surface area contributed by atoms with Crippen molar-refractivity contribution in [1.82, 2.24) is 10.2 Å². The number of nitrogens with zero attached hydrogens (tertiary/aromatic N) is 2. The molecule has 1 saturated heterocycles. The summed E-state index contributed by atoms with van der Waals surface area (Å²) in [6.45, 7) is 3.38. The van der Waals surface area contributed by atoms with Gasteiger partial charge >= 0.3 is 0 Å². The van der Waals surface area contributed by atoms with Gasteiger partial charge in [-0.05, 0) is 32.0 Å². The highest BCUT2D eigenvalue weighted by Crippen LogP contribution is 2.16. The van der Waals surface area contributed by atoms with Crippen LogP contribution in [-0.4, -0.2) is 36.5 Å². The van der Waals surface area contributed by atoms with E-state index in [9.17, 15) is 0 Å². The van der Waals surface area contributed by atoms with Crippen molar-refractivity contribution in [2.24, 2.45) is 16.5 Å². The number of hydrogen-bond acceptors (Lipinski definition) is 5. The Bertz CT molecular complexity index is 293. The van der Waals surface area contributed by atoms with Crippen LogP contribution in [0.1, 0.15) is 25.7 Å². The lowest BCUT2D eigenvalue weighted by atomic mass is 10.0. The van der Waals surface area contributed by atoms with Crippen LogP contribution < -0.4 is 16.8 Å². The number of likely N-dealkylation sites (tertiary alicyclic amines) is 1. The molecule has 0 spiro atoms. The molecule has 2 heterocycles. The van der Waals surface area contributed by atoms with Crippen LogP contribution in [0.25, 0.3) is 0 Å². The Labute approximate surface area is 96.6 Å². The Balaban J connectivity index is 1.84. The fourth-order valence-electron chi connectivity index (χ4n) is 2.23. The van der Waals surface area contributed by atoms with E-state index in [4.69, 9.17) is 11.5 Å². The van der Waals surface area contributed by atoms with E-state index in [2.05, 4.69) is 15.2 Å². The molecular weight excluding hydrogens is 202 g/mol. The third kappa shape index (κ3) is 2.96. The van der Waals surface area contributed by atoms with E-state index >= 15 is 0 Å². The average Bonchev–Trinajstić information content (AvgIpc) is 2.28. The van der Waals surface area contributed by atoms with Gasteiger partial charge in [0.25, 0.3) is 0 Å². The highest BCUT2D eigenvalue weighted by atomic mass is 15.2. The Hall–Kier alpha value is -1.07. The van der Waals surface area contributed by atoms with Crippen LogP contribution >= 0.6 is 0 Å². The molecule has 5 heteroatoms. The van der Waals surface area contributed by atoms with Gasteiger partial charge in [-0.25, -0.2) is 4.99 Å². The summed E-state index contributed by atoms with van der Waals surface area (Å²) < 4.78 is 0. The molecule has 0 aromatic rings. The number of aliphatic imine (C=N–C) groups is 1. The lowest BCUT2D eigenvalue weighted by Gasteiger charge is -2.31. The Morgan fingerprint density at radius 1 is 1.38 bits per heavy atom. The summed E-state index contributed by atoms with van der Waals surface area (Å²) in [6, 6.07) is 0. The monoisotopic (exact) mass is 223 g/mol. The second kappa shape index (κ2) is 4.84. The predicted molar refractivity (Wildman–Crippen MR) is 65.7 cm³/mol. The summed E-state index contributed by atoms with van der Waals surface area (Å²) in [6.07, 6.45) is 8.19. The molecule has 0 aliphatic carbocycles. The molecule has 5 N–H and O–H groups in total. The van der Waals surface area contributed by atoms with Crippen LogP contribution in [-0.2, 0) is 0 Å². The zero-order chi connectivity index (χ0) is 11.4. The molecular formula is C11H21N5. The lowest BCUT2D eigenvalue weighted by molar-refractivity contribution is 0.213. The zero-order valence-electron chi connectivity index (χ0n) is 9.65. The summed E-state index contributed by atoms with van der Waals surface area (Å²) >= 11 is 0. The predicted octanol–water partition coefficient (Wildman–Crippen LogP) is -0.0510. The molecule has 16 heavy (non-hydrogen) atoms. The number of hydrogen-bond donors (Lipinski definition) is 3. The summed E-state index contributed by atoms with van der Waals surface area (Å²) in [5.74, 6) is 0.594. The summed E-state index contributed by atoms with van der Waals surface area (Å²) in [5.41, 5.74) is 11.2. The Morgan fingerprint density at radius 3 is 2.81 bits per heavy atom. The highest BCUT2D eigenvalue weighted by molar-refractivity contribution is 5.60. The fourth-order valence-corrected chi connectivity index (χ4v) is 2.23. The van der Waals surface area contributed by atoms with E-state index in [1.165, 1.54) is 32.4 Å². The third-order valence-electron chi connectivity index (χ3n) is 3.22. The van der Waals surface area contributed by atoms with E-state index in [1.807, 2.05) is 0 Å². The second-order valence-electron chi connectivity index (χ2n) is 4.65. The van der Waals surface area contributed by atoms with Gasteiger partial charge in [-0.1, -0.05) is 6.42 Å². The fraction of sp³-hybridized carbons (Fsp3) is 0.727. The molecule has 90 valence electrons. The lowest BCUT2D eigenvalue weighted by Crippen LogP contribution is -2.45. The molecule has 1 fully saturated rings. The second-order valence-corrected chi connectivity index (χ2v) is 4.65. The molecule has 1 atom stereocenters. The van der Waals surface area contributed by atoms with Gasteiger partial charge in [-0.3, -0.25) is 0 Å². The maximum atomic E-state index is 6.15. The van der Waals surface area contributed by atoms with Crippen molar-refractivity contribution in [3.63, 3.8) is 0 Å². The Kier molecular flexibility index (Phi) is 3.46. The largest absolute Gasteiger partial charge is 0.385 e. The van der Waals surface area contributed by atoms with Gasteiger partial charge in [0, 0.05) is 13.0 Å². The minimum Gasteiger partial charge on any atom is -0.385 e. The van der Waals surface area contributed by atoms with Gasteiger partial charge in [0.2, 0.25) is 0 Å². The first-order valence-corrected chi connectivity index (χ1v) is 5.98. The smallest absolute Gasteiger partial charge is 0.133 e. The van der Waals surface area contributed by atoms with Gasteiger partial charge in [0.15, 0.2) is 0 Å². The van der Waals surface area contributed by atoms with Crippen molar-refractivity contribution in [1.29, 1.82) is 0 Å². The van der Waals surface area contributed by atoms with Crippen molar-refractivity contribution in [2.45, 2.75) is 31.3 Å². The van der Waals surface area contributed by atoms with Crippen LogP contribution in [0.4, 0.5) is 0 Å². The minimum atomic E-state index is -0.618. The molecule has 0 aromatic heterocycles. The number of rotatable bonds is 3.